The van der Waals surface area contributed by atoms with Crippen LogP contribution in [0.15, 0.2) is 53.7 Å². The number of aryl methyl sites for hydroxylation is 3. The van der Waals surface area contributed by atoms with Gasteiger partial charge >= 0.3 is 0 Å². The van der Waals surface area contributed by atoms with Gasteiger partial charge in [0.25, 0.3) is 0 Å². The molecule has 1 saturated heterocycles. The van der Waals surface area contributed by atoms with E-state index >= 15 is 0 Å². The van der Waals surface area contributed by atoms with E-state index in [-0.39, 0.29) is 11.8 Å². The van der Waals surface area contributed by atoms with Gasteiger partial charge in [0.2, 0.25) is 11.8 Å². The molecule has 4 rings (SSSR count). The third kappa shape index (κ3) is 6.29. The first-order valence-corrected chi connectivity index (χ1v) is 12.9. The fourth-order valence-electron chi connectivity index (χ4n) is 4.14. The van der Waals surface area contributed by atoms with E-state index in [0.29, 0.717) is 43.6 Å². The summed E-state index contributed by atoms with van der Waals surface area (Å²) in [5.74, 6) is 1.15. The molecule has 2 heterocycles. The number of nitrogens with zero attached hydrogens (tertiary/aromatic N) is 5. The quantitative estimate of drug-likeness (QED) is 0.486. The summed E-state index contributed by atoms with van der Waals surface area (Å²) in [6, 6.07) is 16.1. The first-order chi connectivity index (χ1) is 16.9. The third-order valence-corrected chi connectivity index (χ3v) is 7.09. The van der Waals surface area contributed by atoms with Crippen LogP contribution in [0.1, 0.15) is 23.9 Å². The number of rotatable bonds is 8. The van der Waals surface area contributed by atoms with E-state index in [0.717, 1.165) is 29.2 Å². The molecular weight excluding hydrogens is 460 g/mol. The van der Waals surface area contributed by atoms with Gasteiger partial charge < -0.3 is 10.2 Å². The fourth-order valence-corrected chi connectivity index (χ4v) is 5.04. The SMILES string of the molecule is CCc1ccccc1NC(=O)CN1CCN(C(=O)CSc2nnc(C)n2-c2ccc(C)cc2)CC1. The summed E-state index contributed by atoms with van der Waals surface area (Å²) in [5.41, 5.74) is 4.18. The number of carbonyl (C=O) groups excluding carboxylic acids is 2. The Morgan fingerprint density at radius 1 is 0.971 bits per heavy atom. The van der Waals surface area contributed by atoms with Gasteiger partial charge in [0.1, 0.15) is 5.82 Å². The van der Waals surface area contributed by atoms with Crippen molar-refractivity contribution in [1.29, 1.82) is 0 Å². The second-order valence-corrected chi connectivity index (χ2v) is 9.65. The van der Waals surface area contributed by atoms with Crippen molar-refractivity contribution in [2.75, 3.05) is 43.8 Å². The van der Waals surface area contributed by atoms with Crippen molar-refractivity contribution in [3.8, 4) is 5.69 Å². The second-order valence-electron chi connectivity index (χ2n) is 8.71. The van der Waals surface area contributed by atoms with Crippen LogP contribution in [0, 0.1) is 13.8 Å². The number of amides is 2. The largest absolute Gasteiger partial charge is 0.339 e. The van der Waals surface area contributed by atoms with Gasteiger partial charge in [0.05, 0.1) is 12.3 Å². The highest BCUT2D eigenvalue weighted by Gasteiger charge is 2.23. The van der Waals surface area contributed by atoms with Crippen LogP contribution >= 0.6 is 11.8 Å². The zero-order valence-electron chi connectivity index (χ0n) is 20.5. The lowest BCUT2D eigenvalue weighted by Gasteiger charge is -2.34. The van der Waals surface area contributed by atoms with E-state index in [4.69, 9.17) is 0 Å². The highest BCUT2D eigenvalue weighted by Crippen LogP contribution is 2.23. The van der Waals surface area contributed by atoms with Crippen LogP contribution in [0.3, 0.4) is 0 Å². The summed E-state index contributed by atoms with van der Waals surface area (Å²) in [4.78, 5) is 29.4. The monoisotopic (exact) mass is 492 g/mol. The standard InChI is InChI=1S/C26H32N6O2S/c1-4-21-7-5-6-8-23(21)27-24(33)17-30-13-15-31(16-14-30)25(34)18-35-26-29-28-20(3)32(26)22-11-9-19(2)10-12-22/h5-12H,4,13-18H2,1-3H3,(H,27,33). The Kier molecular flexibility index (Phi) is 8.20. The van der Waals surface area contributed by atoms with Crippen molar-refractivity contribution in [2.45, 2.75) is 32.3 Å². The molecule has 0 spiro atoms. The minimum Gasteiger partial charge on any atom is -0.339 e. The first kappa shape index (κ1) is 24.9. The molecule has 1 fully saturated rings. The van der Waals surface area contributed by atoms with Crippen LogP contribution < -0.4 is 5.32 Å². The molecule has 8 nitrogen and oxygen atoms in total. The van der Waals surface area contributed by atoms with Crippen molar-refractivity contribution in [3.05, 3.63) is 65.5 Å². The molecular formula is C26H32N6O2S. The number of benzene rings is 2. The molecule has 0 radical (unpaired) electrons. The highest BCUT2D eigenvalue weighted by atomic mass is 32.2. The average molecular weight is 493 g/mol. The predicted molar refractivity (Wildman–Crippen MR) is 139 cm³/mol. The lowest BCUT2D eigenvalue weighted by Crippen LogP contribution is -2.50. The van der Waals surface area contributed by atoms with Crippen molar-refractivity contribution >= 4 is 29.3 Å². The Balaban J connectivity index is 1.26. The highest BCUT2D eigenvalue weighted by molar-refractivity contribution is 7.99. The van der Waals surface area contributed by atoms with Crippen LogP contribution in [0.25, 0.3) is 5.69 Å². The smallest absolute Gasteiger partial charge is 0.238 e. The molecule has 184 valence electrons. The molecule has 1 aliphatic heterocycles. The van der Waals surface area contributed by atoms with Gasteiger partial charge in [-0.05, 0) is 44.0 Å². The number of para-hydroxylation sites is 1. The van der Waals surface area contributed by atoms with Gasteiger partial charge in [0.15, 0.2) is 5.16 Å². The Bertz CT molecular complexity index is 1170. The molecule has 2 aromatic carbocycles. The lowest BCUT2D eigenvalue weighted by molar-refractivity contribution is -0.130. The average Bonchev–Trinajstić information content (AvgIpc) is 3.24. The zero-order chi connectivity index (χ0) is 24.8. The summed E-state index contributed by atoms with van der Waals surface area (Å²) < 4.78 is 1.98. The summed E-state index contributed by atoms with van der Waals surface area (Å²) in [5, 5.41) is 12.2. The maximum absolute atomic E-state index is 12.9. The molecule has 9 heteroatoms. The molecule has 0 unspecified atom stereocenters. The number of hydrogen-bond acceptors (Lipinski definition) is 6. The lowest BCUT2D eigenvalue weighted by atomic mass is 10.1. The van der Waals surface area contributed by atoms with E-state index in [2.05, 4.69) is 46.4 Å². The van der Waals surface area contributed by atoms with E-state index in [1.165, 1.54) is 17.3 Å². The molecule has 1 aliphatic rings. The van der Waals surface area contributed by atoms with Crippen molar-refractivity contribution in [2.24, 2.45) is 0 Å². The Hall–Kier alpha value is -3.17. The molecule has 3 aromatic rings. The van der Waals surface area contributed by atoms with Crippen LogP contribution in [0.5, 0.6) is 0 Å². The minimum atomic E-state index is -0.0213. The van der Waals surface area contributed by atoms with Gasteiger partial charge in [0, 0.05) is 37.6 Å². The van der Waals surface area contributed by atoms with Gasteiger partial charge in [-0.25, -0.2) is 0 Å². The minimum absolute atomic E-state index is 0.0213. The number of aromatic nitrogens is 3. The Morgan fingerprint density at radius 3 is 2.40 bits per heavy atom. The maximum atomic E-state index is 12.9. The molecule has 0 saturated carbocycles. The van der Waals surface area contributed by atoms with Crippen molar-refractivity contribution in [1.82, 2.24) is 24.6 Å². The number of carbonyl (C=O) groups is 2. The molecule has 0 atom stereocenters. The van der Waals surface area contributed by atoms with E-state index in [1.807, 2.05) is 52.8 Å². The topological polar surface area (TPSA) is 83.4 Å². The van der Waals surface area contributed by atoms with E-state index in [9.17, 15) is 9.59 Å². The Labute approximate surface area is 210 Å². The zero-order valence-corrected chi connectivity index (χ0v) is 21.3. The van der Waals surface area contributed by atoms with Crippen LogP contribution in [-0.4, -0.2) is 74.9 Å². The molecule has 0 bridgehead atoms. The van der Waals surface area contributed by atoms with Crippen LogP contribution in [0.2, 0.25) is 0 Å². The van der Waals surface area contributed by atoms with Gasteiger partial charge in [-0.1, -0.05) is 54.6 Å². The second kappa shape index (κ2) is 11.5. The predicted octanol–water partition coefficient (Wildman–Crippen LogP) is 3.32. The third-order valence-electron chi connectivity index (χ3n) is 6.18. The van der Waals surface area contributed by atoms with Crippen LogP contribution in [-0.2, 0) is 16.0 Å². The van der Waals surface area contributed by atoms with Crippen molar-refractivity contribution < 1.29 is 9.59 Å². The summed E-state index contributed by atoms with van der Waals surface area (Å²) >= 11 is 1.41. The first-order valence-electron chi connectivity index (χ1n) is 11.9. The molecule has 1 N–H and O–H groups in total. The molecule has 0 aliphatic carbocycles. The van der Waals surface area contributed by atoms with E-state index in [1.54, 1.807) is 0 Å². The number of hydrogen-bond donors (Lipinski definition) is 1. The van der Waals surface area contributed by atoms with Gasteiger partial charge in [-0.15, -0.1) is 10.2 Å². The van der Waals surface area contributed by atoms with E-state index < -0.39 is 0 Å². The Morgan fingerprint density at radius 2 is 1.69 bits per heavy atom. The summed E-state index contributed by atoms with van der Waals surface area (Å²) in [6.45, 7) is 8.95. The molecule has 35 heavy (non-hydrogen) atoms. The maximum Gasteiger partial charge on any atom is 0.238 e. The van der Waals surface area contributed by atoms with Gasteiger partial charge in [-0.2, -0.15) is 0 Å². The fraction of sp³-hybridized carbons (Fsp3) is 0.385. The number of thioether (sulfide) groups is 1. The number of anilines is 1. The van der Waals surface area contributed by atoms with Gasteiger partial charge in [-0.3, -0.25) is 19.1 Å². The molecule has 2 amide bonds. The number of piperazine rings is 1. The normalized spacial score (nSPS) is 14.2. The molecule has 1 aromatic heterocycles. The van der Waals surface area contributed by atoms with Crippen molar-refractivity contribution in [3.63, 3.8) is 0 Å². The summed E-state index contributed by atoms with van der Waals surface area (Å²) in [6.07, 6.45) is 0.871. The number of nitrogens with one attached hydrogen (secondary N) is 1. The summed E-state index contributed by atoms with van der Waals surface area (Å²) in [7, 11) is 0. The van der Waals surface area contributed by atoms with Crippen LogP contribution in [0.4, 0.5) is 5.69 Å².